The fourth-order valence-corrected chi connectivity index (χ4v) is 3.43. The van der Waals surface area contributed by atoms with Crippen LogP contribution in [0.1, 0.15) is 5.69 Å². The van der Waals surface area contributed by atoms with E-state index in [-0.39, 0.29) is 0 Å². The van der Waals surface area contributed by atoms with Crippen LogP contribution in [0.2, 0.25) is 5.02 Å². The fourth-order valence-electron chi connectivity index (χ4n) is 2.96. The molecule has 0 spiro atoms. The number of hydrogen-bond acceptors (Lipinski definition) is 3. The third-order valence-electron chi connectivity index (χ3n) is 4.04. The minimum Gasteiger partial charge on any atom is -0.266 e. The molecule has 0 unspecified atom stereocenters. The Balaban J connectivity index is 2.07. The highest BCUT2D eigenvalue weighted by molar-refractivity contribution is 7.71. The Hall–Kier alpha value is -2.44. The second-order valence-corrected chi connectivity index (χ2v) is 6.32. The zero-order chi connectivity index (χ0) is 16.8. The predicted molar refractivity (Wildman–Crippen MR) is 98.2 cm³/mol. The van der Waals surface area contributed by atoms with Crippen molar-refractivity contribution in [3.63, 3.8) is 0 Å². The highest BCUT2D eigenvalue weighted by Gasteiger charge is 2.20. The maximum Gasteiger partial charge on any atom is 0.200 e. The molecule has 2 aromatic carbocycles. The summed E-state index contributed by atoms with van der Waals surface area (Å²) in [6, 6.07) is 14.3. The van der Waals surface area contributed by atoms with Crippen LogP contribution in [0.15, 0.2) is 42.5 Å². The molecular weight excluding hydrogens is 342 g/mol. The molecule has 0 bridgehead atoms. The number of nitrogens with one attached hydrogen (secondary N) is 1. The number of aromatic nitrogens is 5. The van der Waals surface area contributed by atoms with Crippen LogP contribution in [-0.4, -0.2) is 24.5 Å². The molecule has 0 aliphatic heterocycles. The Kier molecular flexibility index (Phi) is 3.51. The van der Waals surface area contributed by atoms with E-state index in [1.165, 1.54) is 0 Å². The summed E-state index contributed by atoms with van der Waals surface area (Å²) >= 11 is 11.9. The third-order valence-corrected chi connectivity index (χ3v) is 4.77. The first kappa shape index (κ1) is 15.1. The highest BCUT2D eigenvalue weighted by Crippen LogP contribution is 2.32. The molecule has 120 valence electrons. The van der Waals surface area contributed by atoms with Crippen molar-refractivity contribution in [3.8, 4) is 17.2 Å². The Morgan fingerprint density at radius 2 is 1.88 bits per heavy atom. The second kappa shape index (κ2) is 5.58. The quantitative estimate of drug-likeness (QED) is 0.540. The number of halogens is 1. The van der Waals surface area contributed by atoms with Gasteiger partial charge in [-0.05, 0) is 30.6 Å². The van der Waals surface area contributed by atoms with Crippen LogP contribution in [0.5, 0.6) is 0 Å². The van der Waals surface area contributed by atoms with Gasteiger partial charge in [0.25, 0.3) is 0 Å². The molecule has 4 aromatic rings. The molecular formula is C17H14ClN5S. The summed E-state index contributed by atoms with van der Waals surface area (Å²) in [5.74, 6) is 0.643. The van der Waals surface area contributed by atoms with E-state index in [1.807, 2.05) is 42.8 Å². The van der Waals surface area contributed by atoms with Gasteiger partial charge in [-0.15, -0.1) is 0 Å². The summed E-state index contributed by atoms with van der Waals surface area (Å²) in [6.45, 7) is 1.87. The van der Waals surface area contributed by atoms with Crippen LogP contribution >= 0.6 is 23.8 Å². The van der Waals surface area contributed by atoms with Gasteiger partial charge in [-0.2, -0.15) is 10.2 Å². The van der Waals surface area contributed by atoms with E-state index < -0.39 is 0 Å². The first-order chi connectivity index (χ1) is 11.6. The minimum absolute atomic E-state index is 0.510. The summed E-state index contributed by atoms with van der Waals surface area (Å²) in [7, 11) is 1.85. The van der Waals surface area contributed by atoms with Gasteiger partial charge < -0.3 is 0 Å². The van der Waals surface area contributed by atoms with E-state index in [4.69, 9.17) is 23.8 Å². The summed E-state index contributed by atoms with van der Waals surface area (Å²) in [4.78, 5) is 0. The van der Waals surface area contributed by atoms with Gasteiger partial charge in [-0.25, -0.2) is 0 Å². The first-order valence-corrected chi connectivity index (χ1v) is 8.21. The lowest BCUT2D eigenvalue weighted by Crippen LogP contribution is -2.03. The minimum atomic E-state index is 0.510. The van der Waals surface area contributed by atoms with Gasteiger partial charge in [-0.1, -0.05) is 48.0 Å². The molecule has 0 amide bonds. The summed E-state index contributed by atoms with van der Waals surface area (Å²) in [6.07, 6.45) is 0. The number of rotatable bonds is 2. The number of H-pyrrole nitrogens is 1. The second-order valence-electron chi connectivity index (χ2n) is 5.56. The number of hydrogen-bond donors (Lipinski definition) is 1. The number of nitrogens with zero attached hydrogens (tertiary/aromatic N) is 4. The molecule has 0 aliphatic rings. The van der Waals surface area contributed by atoms with E-state index in [0.29, 0.717) is 15.6 Å². The highest BCUT2D eigenvalue weighted by atomic mass is 35.5. The lowest BCUT2D eigenvalue weighted by Gasteiger charge is -2.10. The third kappa shape index (κ3) is 2.18. The van der Waals surface area contributed by atoms with Gasteiger partial charge in [-0.3, -0.25) is 14.3 Å². The molecule has 0 saturated carbocycles. The predicted octanol–water partition coefficient (Wildman–Crippen LogP) is 4.45. The molecule has 2 aromatic heterocycles. The average molecular weight is 356 g/mol. The normalized spacial score (nSPS) is 11.3. The van der Waals surface area contributed by atoms with Crippen molar-refractivity contribution in [2.45, 2.75) is 6.92 Å². The van der Waals surface area contributed by atoms with Gasteiger partial charge in [0.1, 0.15) is 5.69 Å². The lowest BCUT2D eigenvalue weighted by molar-refractivity contribution is 0.756. The van der Waals surface area contributed by atoms with Crippen LogP contribution in [0.25, 0.3) is 28.0 Å². The molecule has 24 heavy (non-hydrogen) atoms. The molecule has 4 rings (SSSR count). The van der Waals surface area contributed by atoms with E-state index in [1.54, 1.807) is 4.68 Å². The molecule has 2 heterocycles. The van der Waals surface area contributed by atoms with Gasteiger partial charge in [0, 0.05) is 12.4 Å². The van der Waals surface area contributed by atoms with Crippen molar-refractivity contribution >= 4 is 34.6 Å². The number of aryl methyl sites for hydroxylation is 2. The lowest BCUT2D eigenvalue weighted by atomic mass is 10.1. The van der Waals surface area contributed by atoms with Crippen molar-refractivity contribution in [3.05, 3.63) is 58.0 Å². The molecule has 0 aliphatic carbocycles. The van der Waals surface area contributed by atoms with Crippen LogP contribution in [0, 0.1) is 11.7 Å². The van der Waals surface area contributed by atoms with Gasteiger partial charge in [0.2, 0.25) is 0 Å². The van der Waals surface area contributed by atoms with E-state index in [2.05, 4.69) is 33.5 Å². The van der Waals surface area contributed by atoms with E-state index in [9.17, 15) is 0 Å². The van der Waals surface area contributed by atoms with Gasteiger partial charge in [0.05, 0.1) is 16.4 Å². The Morgan fingerprint density at radius 3 is 2.62 bits per heavy atom. The van der Waals surface area contributed by atoms with Gasteiger partial charge >= 0.3 is 0 Å². The number of aromatic amines is 1. The summed E-state index contributed by atoms with van der Waals surface area (Å²) < 4.78 is 4.14. The monoisotopic (exact) mass is 355 g/mol. The van der Waals surface area contributed by atoms with Crippen molar-refractivity contribution in [2.75, 3.05) is 0 Å². The van der Waals surface area contributed by atoms with Crippen LogP contribution in [0.3, 0.4) is 0 Å². The standard InChI is InChI=1S/C17H14ClN5S/c1-10-14(18)15(22(2)21-10)16-19-20-17(24)23(16)13-9-5-7-11-6-3-4-8-12(11)13/h3-9H,1-2H3,(H,20,24). The Morgan fingerprint density at radius 1 is 1.12 bits per heavy atom. The van der Waals surface area contributed by atoms with E-state index >= 15 is 0 Å². The molecule has 0 atom stereocenters. The van der Waals surface area contributed by atoms with Gasteiger partial charge in [0.15, 0.2) is 10.6 Å². The Labute approximate surface area is 148 Å². The maximum atomic E-state index is 6.45. The SMILES string of the molecule is Cc1nn(C)c(-c2n[nH]c(=S)n2-c2cccc3ccccc23)c1Cl. The molecule has 1 N–H and O–H groups in total. The fraction of sp³-hybridized carbons (Fsp3) is 0.118. The average Bonchev–Trinajstić information content (AvgIpc) is 3.06. The molecule has 0 radical (unpaired) electrons. The zero-order valence-corrected chi connectivity index (χ0v) is 14.7. The van der Waals surface area contributed by atoms with E-state index in [0.717, 1.165) is 27.8 Å². The zero-order valence-electron chi connectivity index (χ0n) is 13.1. The first-order valence-electron chi connectivity index (χ1n) is 7.43. The number of benzene rings is 2. The van der Waals surface area contributed by atoms with Crippen LogP contribution in [0.4, 0.5) is 0 Å². The smallest absolute Gasteiger partial charge is 0.200 e. The van der Waals surface area contributed by atoms with Crippen LogP contribution in [-0.2, 0) is 7.05 Å². The molecule has 5 nitrogen and oxygen atoms in total. The molecule has 7 heteroatoms. The molecule has 0 saturated heterocycles. The number of fused-ring (bicyclic) bond motifs is 1. The maximum absolute atomic E-state index is 6.45. The summed E-state index contributed by atoms with van der Waals surface area (Å²) in [5.41, 5.74) is 2.44. The largest absolute Gasteiger partial charge is 0.266 e. The van der Waals surface area contributed by atoms with Crippen LogP contribution < -0.4 is 0 Å². The topological polar surface area (TPSA) is 51.4 Å². The van der Waals surface area contributed by atoms with Crippen molar-refractivity contribution in [1.29, 1.82) is 0 Å². The van der Waals surface area contributed by atoms with Crippen molar-refractivity contribution < 1.29 is 0 Å². The summed E-state index contributed by atoms with van der Waals surface area (Å²) in [5, 5.41) is 14.5. The van der Waals surface area contributed by atoms with Crippen molar-refractivity contribution in [1.82, 2.24) is 24.5 Å². The van der Waals surface area contributed by atoms with Crippen molar-refractivity contribution in [2.24, 2.45) is 7.05 Å². The molecule has 0 fully saturated rings. The Bertz CT molecular complexity index is 1120.